The van der Waals surface area contributed by atoms with E-state index >= 15 is 0 Å². The van der Waals surface area contributed by atoms with Crippen molar-refractivity contribution in [3.63, 3.8) is 0 Å². The van der Waals surface area contributed by atoms with Crippen molar-refractivity contribution in [3.8, 4) is 33.9 Å². The Morgan fingerprint density at radius 2 is 1.66 bits per heavy atom. The highest BCUT2D eigenvalue weighted by molar-refractivity contribution is 7.21. The van der Waals surface area contributed by atoms with Gasteiger partial charge in [0.05, 0.1) is 25.6 Å². The summed E-state index contributed by atoms with van der Waals surface area (Å²) in [5.41, 5.74) is 13.1. The molecule has 0 bridgehead atoms. The Morgan fingerprint density at radius 1 is 0.921 bits per heavy atom. The number of carbonyl (C=O) groups excluding carboxylic acids is 1. The number of pyridine rings is 1. The zero-order chi connectivity index (χ0) is 26.6. The van der Waals surface area contributed by atoms with Gasteiger partial charge in [-0.1, -0.05) is 66.2 Å². The number of fused-ring (bicyclic) bond motifs is 1. The minimum absolute atomic E-state index is 0.206. The minimum Gasteiger partial charge on any atom is -0.493 e. The van der Waals surface area contributed by atoms with Gasteiger partial charge in [-0.15, -0.1) is 11.3 Å². The number of hydrogen-bond acceptors (Lipinski definition) is 6. The third-order valence-electron chi connectivity index (χ3n) is 6.48. The van der Waals surface area contributed by atoms with Gasteiger partial charge in [-0.05, 0) is 48.2 Å². The second-order valence-electron chi connectivity index (χ2n) is 9.01. The molecule has 5 aromatic rings. The highest BCUT2D eigenvalue weighted by Gasteiger charge is 2.21. The molecule has 3 N–H and O–H groups in total. The third-order valence-corrected chi connectivity index (χ3v) is 7.58. The largest absolute Gasteiger partial charge is 0.493 e. The first-order valence-electron chi connectivity index (χ1n) is 12.3. The van der Waals surface area contributed by atoms with Crippen molar-refractivity contribution < 1.29 is 14.3 Å². The summed E-state index contributed by atoms with van der Waals surface area (Å²) in [5, 5.41) is 3.83. The van der Waals surface area contributed by atoms with E-state index in [1.807, 2.05) is 48.5 Å². The van der Waals surface area contributed by atoms with Crippen molar-refractivity contribution in [2.45, 2.75) is 13.3 Å². The van der Waals surface area contributed by atoms with Crippen molar-refractivity contribution in [2.75, 3.05) is 26.5 Å². The van der Waals surface area contributed by atoms with Crippen molar-refractivity contribution in [3.05, 3.63) is 94.9 Å². The molecule has 0 fully saturated rings. The predicted molar refractivity (Wildman–Crippen MR) is 155 cm³/mol. The molecular weight excluding hydrogens is 494 g/mol. The topological polar surface area (TPSA) is 86.5 Å². The minimum atomic E-state index is -0.206. The van der Waals surface area contributed by atoms with Crippen LogP contribution in [0.3, 0.4) is 0 Å². The van der Waals surface area contributed by atoms with Gasteiger partial charge in [0.25, 0.3) is 5.91 Å². The molecule has 0 radical (unpaired) electrons. The van der Waals surface area contributed by atoms with Gasteiger partial charge in [0.1, 0.15) is 9.71 Å². The lowest BCUT2D eigenvalue weighted by Gasteiger charge is -2.10. The summed E-state index contributed by atoms with van der Waals surface area (Å²) in [7, 11) is 3.21. The lowest BCUT2D eigenvalue weighted by atomic mass is 9.99. The number of benzene rings is 3. The number of nitrogens with two attached hydrogens (primary N) is 1. The van der Waals surface area contributed by atoms with Crippen LogP contribution in [-0.4, -0.2) is 31.7 Å². The fraction of sp³-hybridized carbons (Fsp3) is 0.161. The van der Waals surface area contributed by atoms with Crippen LogP contribution in [0, 0.1) is 6.92 Å². The molecule has 3 aromatic carbocycles. The fourth-order valence-corrected chi connectivity index (χ4v) is 5.48. The number of hydrogen-bond donors (Lipinski definition) is 2. The Morgan fingerprint density at radius 3 is 2.37 bits per heavy atom. The molecule has 0 atom stereocenters. The fourth-order valence-electron chi connectivity index (χ4n) is 4.44. The first-order chi connectivity index (χ1) is 18.5. The van der Waals surface area contributed by atoms with Crippen LogP contribution >= 0.6 is 11.3 Å². The standard InChI is InChI=1S/C31H29N3O3S/c1-19-9-12-21(13-10-19)23-18-24(22-7-5-4-6-8-22)34-31-27(23)28(32)29(38-31)30(35)33-16-15-20-11-14-25(36-2)26(17-20)37-3/h4-14,17-18H,15-16,32H2,1-3H3,(H,33,35). The van der Waals surface area contributed by atoms with Gasteiger partial charge in [-0.25, -0.2) is 4.98 Å². The Hall–Kier alpha value is -4.36. The molecule has 0 aliphatic heterocycles. The highest BCUT2D eigenvalue weighted by atomic mass is 32.1. The molecule has 6 nitrogen and oxygen atoms in total. The number of thiophene rings is 1. The van der Waals surface area contributed by atoms with Gasteiger partial charge >= 0.3 is 0 Å². The maximum atomic E-state index is 13.2. The van der Waals surface area contributed by atoms with Gasteiger partial charge in [0.15, 0.2) is 11.5 Å². The number of anilines is 1. The van der Waals surface area contributed by atoms with Crippen LogP contribution in [0.25, 0.3) is 32.6 Å². The maximum absolute atomic E-state index is 13.2. The van der Waals surface area contributed by atoms with E-state index in [-0.39, 0.29) is 5.91 Å². The van der Waals surface area contributed by atoms with Crippen molar-refractivity contribution in [2.24, 2.45) is 0 Å². The van der Waals surface area contributed by atoms with Crippen LogP contribution in [-0.2, 0) is 6.42 Å². The first kappa shape index (κ1) is 25.3. The SMILES string of the molecule is COc1ccc(CCNC(=O)c2sc3nc(-c4ccccc4)cc(-c4ccc(C)cc4)c3c2N)cc1OC. The lowest BCUT2D eigenvalue weighted by Crippen LogP contribution is -2.25. The summed E-state index contributed by atoms with van der Waals surface area (Å²) in [5.74, 6) is 1.13. The summed E-state index contributed by atoms with van der Waals surface area (Å²) >= 11 is 1.33. The van der Waals surface area contributed by atoms with Crippen LogP contribution in [0.2, 0.25) is 0 Å². The average molecular weight is 524 g/mol. The van der Waals surface area contributed by atoms with E-state index in [9.17, 15) is 4.79 Å². The quantitative estimate of drug-likeness (QED) is 0.242. The molecule has 0 spiro atoms. The summed E-state index contributed by atoms with van der Waals surface area (Å²) in [6, 6.07) is 26.2. The molecule has 0 aliphatic rings. The number of ether oxygens (including phenoxy) is 2. The Kier molecular flexibility index (Phi) is 7.29. The van der Waals surface area contributed by atoms with Gasteiger partial charge in [0.2, 0.25) is 0 Å². The summed E-state index contributed by atoms with van der Waals surface area (Å²) in [6.07, 6.45) is 0.641. The zero-order valence-electron chi connectivity index (χ0n) is 21.6. The molecule has 38 heavy (non-hydrogen) atoms. The number of aromatic nitrogens is 1. The molecule has 0 aliphatic carbocycles. The van der Waals surface area contributed by atoms with E-state index in [2.05, 4.69) is 42.6 Å². The van der Waals surface area contributed by atoms with Crippen LogP contribution in [0.1, 0.15) is 20.8 Å². The first-order valence-corrected chi connectivity index (χ1v) is 13.1. The number of rotatable bonds is 8. The number of nitrogen functional groups attached to an aromatic ring is 1. The van der Waals surface area contributed by atoms with E-state index in [1.165, 1.54) is 16.9 Å². The van der Waals surface area contributed by atoms with E-state index in [1.54, 1.807) is 14.2 Å². The summed E-state index contributed by atoms with van der Waals surface area (Å²) < 4.78 is 10.7. The zero-order valence-corrected chi connectivity index (χ0v) is 22.4. The number of amides is 1. The second kappa shape index (κ2) is 10.9. The van der Waals surface area contributed by atoms with Gasteiger partial charge in [0, 0.05) is 17.5 Å². The summed E-state index contributed by atoms with van der Waals surface area (Å²) in [4.78, 5) is 19.4. The molecule has 7 heteroatoms. The smallest absolute Gasteiger partial charge is 0.263 e. The van der Waals surface area contributed by atoms with Crippen molar-refractivity contribution in [1.29, 1.82) is 0 Å². The number of methoxy groups -OCH3 is 2. The van der Waals surface area contributed by atoms with E-state index in [4.69, 9.17) is 20.2 Å². The second-order valence-corrected chi connectivity index (χ2v) is 10.0. The average Bonchev–Trinajstić information content (AvgIpc) is 3.29. The normalized spacial score (nSPS) is 10.9. The van der Waals surface area contributed by atoms with E-state index < -0.39 is 0 Å². The van der Waals surface area contributed by atoms with Gasteiger partial charge < -0.3 is 20.5 Å². The maximum Gasteiger partial charge on any atom is 0.263 e. The van der Waals surface area contributed by atoms with Crippen LogP contribution in [0.5, 0.6) is 11.5 Å². The van der Waals surface area contributed by atoms with Gasteiger partial charge in [-0.3, -0.25) is 4.79 Å². The molecule has 2 heterocycles. The van der Waals surface area contributed by atoms with E-state index in [0.29, 0.717) is 35.0 Å². The molecule has 0 saturated heterocycles. The monoisotopic (exact) mass is 523 g/mol. The number of nitrogens with one attached hydrogen (secondary N) is 1. The van der Waals surface area contributed by atoms with Crippen molar-refractivity contribution in [1.82, 2.24) is 10.3 Å². The van der Waals surface area contributed by atoms with Crippen LogP contribution in [0.4, 0.5) is 5.69 Å². The molecule has 1 amide bonds. The molecule has 5 rings (SSSR count). The van der Waals surface area contributed by atoms with Crippen LogP contribution in [0.15, 0.2) is 78.9 Å². The molecule has 0 saturated carbocycles. The summed E-state index contributed by atoms with van der Waals surface area (Å²) in [6.45, 7) is 2.51. The predicted octanol–water partition coefficient (Wildman–Crippen LogP) is 6.51. The third kappa shape index (κ3) is 5.06. The lowest BCUT2D eigenvalue weighted by molar-refractivity contribution is 0.0959. The molecule has 0 unspecified atom stereocenters. The molecule has 2 aromatic heterocycles. The number of nitrogens with zero attached hydrogens (tertiary/aromatic N) is 1. The number of carbonyl (C=O) groups is 1. The van der Waals surface area contributed by atoms with Crippen LogP contribution < -0.4 is 20.5 Å². The Balaban J connectivity index is 1.46. The van der Waals surface area contributed by atoms with Gasteiger partial charge in [-0.2, -0.15) is 0 Å². The highest BCUT2D eigenvalue weighted by Crippen LogP contribution is 2.41. The van der Waals surface area contributed by atoms with E-state index in [0.717, 1.165) is 38.2 Å². The molecule has 192 valence electrons. The Labute approximate surface area is 226 Å². The Bertz CT molecular complexity index is 1600. The number of aryl methyl sites for hydroxylation is 1. The van der Waals surface area contributed by atoms with Crippen molar-refractivity contribution >= 4 is 33.1 Å². The molecular formula is C31H29N3O3S.